The molecule has 1 aromatic heterocycles. The van der Waals surface area contributed by atoms with Gasteiger partial charge in [-0.1, -0.05) is 0 Å². The molecule has 0 saturated carbocycles. The molecule has 2 saturated heterocycles. The molecule has 0 radical (unpaired) electrons. The van der Waals surface area contributed by atoms with Crippen molar-refractivity contribution >= 4 is 5.91 Å². The first-order valence-corrected chi connectivity index (χ1v) is 6.33. The van der Waals surface area contributed by atoms with Crippen molar-refractivity contribution in [1.29, 1.82) is 0 Å². The van der Waals surface area contributed by atoms with Gasteiger partial charge in [0.15, 0.2) is 0 Å². The van der Waals surface area contributed by atoms with E-state index in [9.17, 15) is 4.79 Å². The first-order valence-electron chi connectivity index (χ1n) is 6.33. The molecule has 3 rings (SSSR count). The normalized spacial score (nSPS) is 31.5. The Labute approximate surface area is 101 Å². The van der Waals surface area contributed by atoms with Crippen LogP contribution in [0.4, 0.5) is 0 Å². The largest absolute Gasteiger partial charge is 0.469 e. The van der Waals surface area contributed by atoms with Gasteiger partial charge in [-0.2, -0.15) is 0 Å². The lowest BCUT2D eigenvalue weighted by molar-refractivity contribution is 0.0923. The van der Waals surface area contributed by atoms with E-state index >= 15 is 0 Å². The molecule has 2 atom stereocenters. The minimum absolute atomic E-state index is 0.00634. The Morgan fingerprint density at radius 2 is 2.12 bits per heavy atom. The van der Waals surface area contributed by atoms with Crippen LogP contribution in [0.3, 0.4) is 0 Å². The molecular weight excluding hydrogens is 216 g/mol. The molecule has 2 aliphatic heterocycles. The Hall–Kier alpha value is -1.29. The van der Waals surface area contributed by atoms with Crippen molar-refractivity contribution in [2.75, 3.05) is 0 Å². The standard InChI is InChI=1S/C13H18N2O2/c1-8-4-9(7-17-8)13(16)15-12-5-10-2-3-11(6-12)14-10/h4,7,10-12,14H,2-3,5-6H2,1H3,(H,15,16). The Kier molecular flexibility index (Phi) is 2.67. The van der Waals surface area contributed by atoms with Crippen molar-refractivity contribution in [2.24, 2.45) is 0 Å². The maximum absolute atomic E-state index is 12.0. The number of furan rings is 1. The van der Waals surface area contributed by atoms with Gasteiger partial charge in [-0.05, 0) is 38.7 Å². The van der Waals surface area contributed by atoms with Crippen LogP contribution in [0.5, 0.6) is 0 Å². The van der Waals surface area contributed by atoms with Crippen LogP contribution in [0.2, 0.25) is 0 Å². The van der Waals surface area contributed by atoms with Crippen molar-refractivity contribution in [2.45, 2.75) is 50.7 Å². The summed E-state index contributed by atoms with van der Waals surface area (Å²) in [5.74, 6) is 0.772. The fraction of sp³-hybridized carbons (Fsp3) is 0.615. The molecule has 4 nitrogen and oxygen atoms in total. The lowest BCUT2D eigenvalue weighted by Gasteiger charge is -2.29. The van der Waals surface area contributed by atoms with Gasteiger partial charge < -0.3 is 15.1 Å². The molecule has 2 aliphatic rings. The van der Waals surface area contributed by atoms with E-state index in [1.54, 1.807) is 6.07 Å². The number of aryl methyl sites for hydroxylation is 1. The molecule has 17 heavy (non-hydrogen) atoms. The highest BCUT2D eigenvalue weighted by atomic mass is 16.3. The number of carbonyl (C=O) groups is 1. The van der Waals surface area contributed by atoms with E-state index in [4.69, 9.17) is 4.42 Å². The van der Waals surface area contributed by atoms with E-state index < -0.39 is 0 Å². The number of rotatable bonds is 2. The van der Waals surface area contributed by atoms with E-state index in [1.807, 2.05) is 6.92 Å². The molecule has 2 unspecified atom stereocenters. The highest BCUT2D eigenvalue weighted by Gasteiger charge is 2.34. The zero-order chi connectivity index (χ0) is 11.8. The Morgan fingerprint density at radius 3 is 2.71 bits per heavy atom. The van der Waals surface area contributed by atoms with Crippen LogP contribution in [-0.4, -0.2) is 24.0 Å². The summed E-state index contributed by atoms with van der Waals surface area (Å²) >= 11 is 0. The zero-order valence-electron chi connectivity index (χ0n) is 10.0. The van der Waals surface area contributed by atoms with Gasteiger partial charge in [0.2, 0.25) is 0 Å². The van der Waals surface area contributed by atoms with Crippen molar-refractivity contribution in [3.63, 3.8) is 0 Å². The Morgan fingerprint density at radius 1 is 1.41 bits per heavy atom. The fourth-order valence-electron chi connectivity index (χ4n) is 3.01. The van der Waals surface area contributed by atoms with E-state index in [1.165, 1.54) is 19.1 Å². The number of hydrogen-bond donors (Lipinski definition) is 2. The maximum Gasteiger partial charge on any atom is 0.254 e. The Bertz CT molecular complexity index is 415. The predicted molar refractivity (Wildman–Crippen MR) is 63.9 cm³/mol. The van der Waals surface area contributed by atoms with Gasteiger partial charge in [0, 0.05) is 18.1 Å². The van der Waals surface area contributed by atoms with Gasteiger partial charge in [-0.3, -0.25) is 4.79 Å². The lowest BCUT2D eigenvalue weighted by Crippen LogP contribution is -2.47. The summed E-state index contributed by atoms with van der Waals surface area (Å²) in [6.07, 6.45) is 6.14. The summed E-state index contributed by atoms with van der Waals surface area (Å²) in [4.78, 5) is 12.0. The van der Waals surface area contributed by atoms with Crippen LogP contribution in [0.1, 0.15) is 41.8 Å². The molecule has 4 heteroatoms. The predicted octanol–water partition coefficient (Wildman–Crippen LogP) is 1.60. The zero-order valence-corrected chi connectivity index (χ0v) is 10.0. The van der Waals surface area contributed by atoms with Crippen molar-refractivity contribution in [3.05, 3.63) is 23.7 Å². The lowest BCUT2D eigenvalue weighted by atomic mass is 9.99. The summed E-state index contributed by atoms with van der Waals surface area (Å²) in [6.45, 7) is 1.85. The molecular formula is C13H18N2O2. The fourth-order valence-corrected chi connectivity index (χ4v) is 3.01. The maximum atomic E-state index is 12.0. The smallest absolute Gasteiger partial charge is 0.254 e. The monoisotopic (exact) mass is 234 g/mol. The highest BCUT2D eigenvalue weighted by Crippen LogP contribution is 2.26. The summed E-state index contributed by atoms with van der Waals surface area (Å²) in [6, 6.07) is 3.30. The third kappa shape index (κ3) is 2.22. The second-order valence-corrected chi connectivity index (χ2v) is 5.23. The number of carbonyl (C=O) groups excluding carboxylic acids is 1. The second kappa shape index (κ2) is 4.18. The summed E-state index contributed by atoms with van der Waals surface area (Å²) in [5, 5.41) is 6.68. The average Bonchev–Trinajstić information content (AvgIpc) is 2.85. The first kappa shape index (κ1) is 10.8. The van der Waals surface area contributed by atoms with Crippen LogP contribution in [0.25, 0.3) is 0 Å². The molecule has 3 heterocycles. The van der Waals surface area contributed by atoms with E-state index in [-0.39, 0.29) is 5.91 Å². The van der Waals surface area contributed by atoms with Gasteiger partial charge in [0.25, 0.3) is 5.91 Å². The molecule has 2 N–H and O–H groups in total. The number of piperidine rings is 1. The van der Waals surface area contributed by atoms with Crippen molar-refractivity contribution in [1.82, 2.24) is 10.6 Å². The molecule has 92 valence electrons. The van der Waals surface area contributed by atoms with Crippen LogP contribution in [-0.2, 0) is 0 Å². The number of nitrogens with one attached hydrogen (secondary N) is 2. The van der Waals surface area contributed by atoms with Crippen molar-refractivity contribution < 1.29 is 9.21 Å². The quantitative estimate of drug-likeness (QED) is 0.817. The minimum Gasteiger partial charge on any atom is -0.469 e. The number of hydrogen-bond acceptors (Lipinski definition) is 3. The molecule has 1 aromatic rings. The number of amides is 1. The SMILES string of the molecule is Cc1cc(C(=O)NC2CC3CCC(C2)N3)co1. The minimum atomic E-state index is -0.00634. The average molecular weight is 234 g/mol. The van der Waals surface area contributed by atoms with Gasteiger partial charge in [-0.25, -0.2) is 0 Å². The Balaban J connectivity index is 1.62. The van der Waals surface area contributed by atoms with Crippen LogP contribution in [0.15, 0.2) is 16.7 Å². The van der Waals surface area contributed by atoms with Crippen LogP contribution >= 0.6 is 0 Å². The third-order valence-electron chi connectivity index (χ3n) is 3.80. The van der Waals surface area contributed by atoms with Gasteiger partial charge in [0.1, 0.15) is 12.0 Å². The van der Waals surface area contributed by atoms with Gasteiger partial charge in [-0.15, -0.1) is 0 Å². The van der Waals surface area contributed by atoms with Crippen LogP contribution < -0.4 is 10.6 Å². The topological polar surface area (TPSA) is 54.3 Å². The summed E-state index contributed by atoms with van der Waals surface area (Å²) in [5.41, 5.74) is 0.633. The van der Waals surface area contributed by atoms with Gasteiger partial charge >= 0.3 is 0 Å². The van der Waals surface area contributed by atoms with E-state index in [0.29, 0.717) is 23.7 Å². The first-order chi connectivity index (χ1) is 8.20. The molecule has 2 fully saturated rings. The van der Waals surface area contributed by atoms with Crippen LogP contribution in [0, 0.1) is 6.92 Å². The van der Waals surface area contributed by atoms with E-state index in [0.717, 1.165) is 18.6 Å². The van der Waals surface area contributed by atoms with E-state index in [2.05, 4.69) is 10.6 Å². The summed E-state index contributed by atoms with van der Waals surface area (Å²) < 4.78 is 5.16. The second-order valence-electron chi connectivity index (χ2n) is 5.23. The van der Waals surface area contributed by atoms with Crippen molar-refractivity contribution in [3.8, 4) is 0 Å². The molecule has 0 spiro atoms. The summed E-state index contributed by atoms with van der Waals surface area (Å²) in [7, 11) is 0. The third-order valence-corrected chi connectivity index (χ3v) is 3.80. The molecule has 1 amide bonds. The molecule has 2 bridgehead atoms. The van der Waals surface area contributed by atoms with Gasteiger partial charge in [0.05, 0.1) is 5.56 Å². The highest BCUT2D eigenvalue weighted by molar-refractivity contribution is 5.94. The number of fused-ring (bicyclic) bond motifs is 2. The molecule has 0 aliphatic carbocycles. The molecule has 0 aromatic carbocycles.